The zero-order valence-corrected chi connectivity index (χ0v) is 12.0. The Hall–Kier alpha value is -2.44. The van der Waals surface area contributed by atoms with Crippen molar-refractivity contribution >= 4 is 12.0 Å². The minimum atomic E-state index is -1.77. The first-order valence-corrected chi connectivity index (χ1v) is 6.81. The number of hydrogen-bond acceptors (Lipinski definition) is 4. The van der Waals surface area contributed by atoms with Crippen LogP contribution in [0.3, 0.4) is 0 Å². The summed E-state index contributed by atoms with van der Waals surface area (Å²) in [6, 6.07) is 6.94. The molecule has 1 aromatic carbocycles. The highest BCUT2D eigenvalue weighted by Gasteiger charge is 2.46. The third-order valence-electron chi connectivity index (χ3n) is 3.31. The van der Waals surface area contributed by atoms with Crippen molar-refractivity contribution in [2.75, 3.05) is 13.6 Å². The highest BCUT2D eigenvalue weighted by molar-refractivity contribution is 5.89. The van der Waals surface area contributed by atoms with Crippen molar-refractivity contribution in [3.05, 3.63) is 35.0 Å². The van der Waals surface area contributed by atoms with Gasteiger partial charge in [0.15, 0.2) is 0 Å². The largest absolute Gasteiger partial charge is 0.465 e. The predicted octanol–water partition coefficient (Wildman–Crippen LogP) is 0.119. The molecule has 1 aromatic rings. The first-order chi connectivity index (χ1) is 10.0. The summed E-state index contributed by atoms with van der Waals surface area (Å²) in [6.45, 7) is 2.47. The highest BCUT2D eigenvalue weighted by Crippen LogP contribution is 2.19. The number of benzene rings is 1. The van der Waals surface area contributed by atoms with Crippen molar-refractivity contribution in [2.24, 2.45) is 9.98 Å². The second kappa shape index (κ2) is 5.90. The van der Waals surface area contributed by atoms with Gasteiger partial charge in [-0.1, -0.05) is 25.5 Å². The van der Waals surface area contributed by atoms with E-state index in [9.17, 15) is 14.7 Å². The molecular weight excluding hydrogens is 272 g/mol. The summed E-state index contributed by atoms with van der Waals surface area (Å²) in [6.07, 6.45) is 0.475. The maximum absolute atomic E-state index is 12.5. The summed E-state index contributed by atoms with van der Waals surface area (Å²) in [5.41, 5.74) is 0. The number of para-hydroxylation sites is 2. The number of nitrogens with one attached hydrogen (secondary N) is 1. The van der Waals surface area contributed by atoms with Crippen molar-refractivity contribution in [3.63, 3.8) is 0 Å². The molecule has 21 heavy (non-hydrogen) atoms. The standard InChI is InChI=1S/C14H18N4O3/c1-3-4-9-15-12(19)14(18(2)13(20)21)16-10-7-5-6-8-11(10)17-14/h5-8H,3-4,9H2,1-2H3,(H,15,19)(H,20,21). The summed E-state index contributed by atoms with van der Waals surface area (Å²) >= 11 is 0. The van der Waals surface area contributed by atoms with Crippen molar-refractivity contribution < 1.29 is 14.7 Å². The Morgan fingerprint density at radius 2 is 1.86 bits per heavy atom. The second-order valence-electron chi connectivity index (χ2n) is 4.80. The lowest BCUT2D eigenvalue weighted by Crippen LogP contribution is -2.56. The van der Waals surface area contributed by atoms with E-state index in [0.29, 0.717) is 17.3 Å². The molecule has 0 radical (unpaired) electrons. The summed E-state index contributed by atoms with van der Waals surface area (Å²) < 4.78 is 0. The fraction of sp³-hybridized carbons (Fsp3) is 0.429. The van der Waals surface area contributed by atoms with E-state index in [1.165, 1.54) is 7.05 Å². The van der Waals surface area contributed by atoms with E-state index in [0.717, 1.165) is 17.7 Å². The quantitative estimate of drug-likeness (QED) is 0.754. The number of carboxylic acid groups (broad SMARTS) is 1. The number of nitrogens with zero attached hydrogens (tertiary/aromatic N) is 3. The maximum atomic E-state index is 12.5. The van der Waals surface area contributed by atoms with Crippen LogP contribution >= 0.6 is 0 Å². The lowest BCUT2D eigenvalue weighted by molar-refractivity contribution is -0.131. The van der Waals surface area contributed by atoms with E-state index >= 15 is 0 Å². The Morgan fingerprint density at radius 1 is 1.29 bits per heavy atom. The molecule has 0 bridgehead atoms. The number of fused-ring (bicyclic) bond motifs is 1. The maximum Gasteiger partial charge on any atom is 0.410 e. The monoisotopic (exact) mass is 290 g/mol. The summed E-state index contributed by atoms with van der Waals surface area (Å²) in [5.74, 6) is -2.31. The fourth-order valence-corrected chi connectivity index (χ4v) is 2.05. The van der Waals surface area contributed by atoms with Crippen LogP contribution in [-0.4, -0.2) is 41.4 Å². The molecule has 0 saturated carbocycles. The molecule has 1 heterocycles. The number of unbranched alkanes of at least 4 members (excludes halogenated alkanes) is 1. The SMILES string of the molecule is CCCCNC(=O)C1(N(C)C(=O)O)N=c2ccccc2=N1. The van der Waals surface area contributed by atoms with Crippen LogP contribution in [0.2, 0.25) is 0 Å². The van der Waals surface area contributed by atoms with Gasteiger partial charge in [-0.3, -0.25) is 9.69 Å². The third-order valence-corrected chi connectivity index (χ3v) is 3.31. The van der Waals surface area contributed by atoms with Gasteiger partial charge in [0.05, 0.1) is 10.7 Å². The lowest BCUT2D eigenvalue weighted by atomic mass is 10.2. The van der Waals surface area contributed by atoms with Gasteiger partial charge >= 0.3 is 11.9 Å². The van der Waals surface area contributed by atoms with E-state index in [4.69, 9.17) is 0 Å². The van der Waals surface area contributed by atoms with Gasteiger partial charge in [-0.05, 0) is 18.6 Å². The van der Waals surface area contributed by atoms with Gasteiger partial charge in [0.2, 0.25) is 0 Å². The Bertz CT molecular complexity index is 636. The molecule has 2 rings (SSSR count). The minimum Gasteiger partial charge on any atom is -0.465 e. The van der Waals surface area contributed by atoms with Crippen LogP contribution in [0.4, 0.5) is 4.79 Å². The molecule has 1 aliphatic rings. The molecule has 7 nitrogen and oxygen atoms in total. The number of likely N-dealkylation sites (N-methyl/N-ethyl adjacent to an activating group) is 1. The van der Waals surface area contributed by atoms with E-state index < -0.39 is 17.8 Å². The number of amides is 2. The minimum absolute atomic E-state index is 0.464. The van der Waals surface area contributed by atoms with Crippen LogP contribution in [0.25, 0.3) is 0 Å². The van der Waals surface area contributed by atoms with E-state index in [-0.39, 0.29) is 0 Å². The molecule has 0 fully saturated rings. The molecule has 0 saturated heterocycles. The molecule has 0 unspecified atom stereocenters. The normalized spacial score (nSPS) is 14.6. The van der Waals surface area contributed by atoms with Crippen LogP contribution in [0.15, 0.2) is 34.3 Å². The lowest BCUT2D eigenvalue weighted by Gasteiger charge is -2.29. The van der Waals surface area contributed by atoms with Crippen LogP contribution in [0.1, 0.15) is 19.8 Å². The molecule has 7 heteroatoms. The summed E-state index contributed by atoms with van der Waals surface area (Å²) in [4.78, 5) is 33.1. The van der Waals surface area contributed by atoms with Crippen molar-refractivity contribution in [1.82, 2.24) is 10.2 Å². The van der Waals surface area contributed by atoms with Gasteiger partial charge in [-0.15, -0.1) is 0 Å². The molecule has 0 atom stereocenters. The van der Waals surface area contributed by atoms with Gasteiger partial charge in [0.1, 0.15) is 0 Å². The first-order valence-electron chi connectivity index (χ1n) is 6.81. The molecule has 2 amide bonds. The zero-order valence-electron chi connectivity index (χ0n) is 12.0. The highest BCUT2D eigenvalue weighted by atomic mass is 16.4. The van der Waals surface area contributed by atoms with Gasteiger partial charge < -0.3 is 10.4 Å². The fourth-order valence-electron chi connectivity index (χ4n) is 2.05. The van der Waals surface area contributed by atoms with Crippen molar-refractivity contribution in [2.45, 2.75) is 25.6 Å². The zero-order chi connectivity index (χ0) is 15.5. The number of hydrogen-bond donors (Lipinski definition) is 2. The number of rotatable bonds is 5. The van der Waals surface area contributed by atoms with Crippen molar-refractivity contribution in [3.8, 4) is 0 Å². The molecule has 112 valence electrons. The van der Waals surface area contributed by atoms with Gasteiger partial charge in [-0.2, -0.15) is 0 Å². The van der Waals surface area contributed by atoms with Crippen LogP contribution in [0, 0.1) is 0 Å². The smallest absolute Gasteiger partial charge is 0.410 e. The van der Waals surface area contributed by atoms with Crippen LogP contribution < -0.4 is 16.0 Å². The molecular formula is C14H18N4O3. The third kappa shape index (κ3) is 2.72. The van der Waals surface area contributed by atoms with Gasteiger partial charge in [0.25, 0.3) is 5.91 Å². The Kier molecular flexibility index (Phi) is 4.21. The topological polar surface area (TPSA) is 94.4 Å². The van der Waals surface area contributed by atoms with E-state index in [2.05, 4.69) is 15.3 Å². The second-order valence-corrected chi connectivity index (χ2v) is 4.80. The average Bonchev–Trinajstić information content (AvgIpc) is 2.87. The number of carbonyl (C=O) groups excluding carboxylic acids is 1. The Labute approximate surface area is 122 Å². The average molecular weight is 290 g/mol. The van der Waals surface area contributed by atoms with Gasteiger partial charge in [-0.25, -0.2) is 14.8 Å². The molecule has 0 aliphatic carbocycles. The Balaban J connectivity index is 2.41. The number of carbonyl (C=O) groups is 2. The molecule has 0 spiro atoms. The predicted molar refractivity (Wildman–Crippen MR) is 75.2 cm³/mol. The van der Waals surface area contributed by atoms with E-state index in [1.807, 2.05) is 6.92 Å². The first kappa shape index (κ1) is 15.0. The summed E-state index contributed by atoms with van der Waals surface area (Å²) in [7, 11) is 1.29. The Morgan fingerprint density at radius 3 is 2.33 bits per heavy atom. The van der Waals surface area contributed by atoms with Crippen LogP contribution in [0.5, 0.6) is 0 Å². The van der Waals surface area contributed by atoms with Gasteiger partial charge in [0, 0.05) is 13.6 Å². The molecule has 1 aliphatic heterocycles. The van der Waals surface area contributed by atoms with E-state index in [1.54, 1.807) is 24.3 Å². The van der Waals surface area contributed by atoms with Crippen LogP contribution in [-0.2, 0) is 4.79 Å². The molecule has 2 N–H and O–H groups in total. The summed E-state index contributed by atoms with van der Waals surface area (Å²) in [5, 5.41) is 13.0. The van der Waals surface area contributed by atoms with Crippen molar-refractivity contribution in [1.29, 1.82) is 0 Å². The molecule has 0 aromatic heterocycles.